The van der Waals surface area contributed by atoms with Crippen LogP contribution >= 0.6 is 0 Å². The van der Waals surface area contributed by atoms with Crippen LogP contribution < -0.4 is 0 Å². The molecular weight excluding hydrogens is 231 g/mol. The van der Waals surface area contributed by atoms with Gasteiger partial charge in [-0.25, -0.2) is 0 Å². The first kappa shape index (κ1) is 15.3. The third-order valence-corrected chi connectivity index (χ3v) is 3.39. The second-order valence-corrected chi connectivity index (χ2v) is 5.54. The molecule has 0 saturated carbocycles. The maximum atomic E-state index is 10.5. The van der Waals surface area contributed by atoms with Crippen LogP contribution in [-0.4, -0.2) is 30.9 Å². The summed E-state index contributed by atoms with van der Waals surface area (Å²) in [5.74, 6) is 1.69. The molecule has 1 heterocycles. The summed E-state index contributed by atoms with van der Waals surface area (Å²) in [6.45, 7) is 10.00. The number of carbonyl (C=O) groups is 1. The van der Waals surface area contributed by atoms with E-state index >= 15 is 0 Å². The molecule has 102 valence electrons. The number of ether oxygens (including phenoxy) is 1. The third-order valence-electron chi connectivity index (χ3n) is 3.39. The number of rotatable bonds is 5. The van der Waals surface area contributed by atoms with Gasteiger partial charge in [0.25, 0.3) is 0 Å². The van der Waals surface area contributed by atoms with Gasteiger partial charge in [-0.05, 0) is 40.5 Å². The number of hydrogen-bond donors (Lipinski definition) is 0. The van der Waals surface area contributed by atoms with E-state index in [1.807, 2.05) is 39.7 Å². The van der Waals surface area contributed by atoms with Crippen LogP contribution in [0.1, 0.15) is 47.5 Å². The Labute approximate surface area is 110 Å². The molecule has 0 bridgehead atoms. The molecule has 0 unspecified atom stereocenters. The Morgan fingerprint density at radius 2 is 1.78 bits per heavy atom. The van der Waals surface area contributed by atoms with Gasteiger partial charge >= 0.3 is 13.1 Å². The Kier molecular flexibility index (Phi) is 4.99. The summed E-state index contributed by atoms with van der Waals surface area (Å²) in [6, 6.07) is 0. The molecule has 0 atom stereocenters. The number of unbranched alkanes of at least 4 members (excludes halogenated alkanes) is 1. The van der Waals surface area contributed by atoms with Crippen LogP contribution in [0.15, 0.2) is 12.1 Å². The van der Waals surface area contributed by atoms with E-state index in [0.717, 1.165) is 12.8 Å². The van der Waals surface area contributed by atoms with Crippen molar-refractivity contribution in [3.63, 3.8) is 0 Å². The molecule has 0 aromatic rings. The molecule has 1 aliphatic heterocycles. The fourth-order valence-electron chi connectivity index (χ4n) is 1.59. The quantitative estimate of drug-likeness (QED) is 0.429. The van der Waals surface area contributed by atoms with Gasteiger partial charge in [-0.2, -0.15) is 0 Å². The highest BCUT2D eigenvalue weighted by atomic mass is 16.7. The van der Waals surface area contributed by atoms with Crippen molar-refractivity contribution < 1.29 is 18.8 Å². The molecule has 0 aliphatic carbocycles. The predicted molar refractivity (Wildman–Crippen MR) is 71.1 cm³/mol. The normalized spacial score (nSPS) is 21.5. The molecular formula is C13H23BO4. The smallest absolute Gasteiger partial charge is 0.466 e. The van der Waals surface area contributed by atoms with Crippen molar-refractivity contribution in [1.82, 2.24) is 0 Å². The number of hydrogen-bond acceptors (Lipinski definition) is 4. The summed E-state index contributed by atoms with van der Waals surface area (Å²) < 4.78 is 16.5. The summed E-state index contributed by atoms with van der Waals surface area (Å²) in [5, 5.41) is 0. The van der Waals surface area contributed by atoms with Crippen LogP contribution in [0.25, 0.3) is 0 Å². The van der Waals surface area contributed by atoms with Gasteiger partial charge in [0, 0.05) is 6.92 Å². The lowest BCUT2D eigenvalue weighted by atomic mass is 9.89. The molecule has 0 aromatic carbocycles. The highest BCUT2D eigenvalue weighted by molar-refractivity contribution is 6.51. The maximum Gasteiger partial charge on any atom is 0.486 e. The van der Waals surface area contributed by atoms with Crippen LogP contribution in [0, 0.1) is 0 Å². The zero-order chi connectivity index (χ0) is 13.8. The molecule has 1 rings (SSSR count). The van der Waals surface area contributed by atoms with Gasteiger partial charge in [0.2, 0.25) is 0 Å². The monoisotopic (exact) mass is 254 g/mol. The SMILES string of the molecule is CC(=O)OCCC/C=C/B1OC(C)(C)C(C)(C)O1. The van der Waals surface area contributed by atoms with Crippen molar-refractivity contribution in [2.24, 2.45) is 0 Å². The third kappa shape index (κ3) is 4.14. The molecule has 1 fully saturated rings. The zero-order valence-corrected chi connectivity index (χ0v) is 12.0. The topological polar surface area (TPSA) is 44.8 Å². The van der Waals surface area contributed by atoms with Crippen molar-refractivity contribution in [2.45, 2.75) is 58.7 Å². The van der Waals surface area contributed by atoms with E-state index in [1.165, 1.54) is 6.92 Å². The van der Waals surface area contributed by atoms with Crippen molar-refractivity contribution in [3.8, 4) is 0 Å². The van der Waals surface area contributed by atoms with E-state index < -0.39 is 0 Å². The molecule has 1 aliphatic rings. The first-order valence-corrected chi connectivity index (χ1v) is 6.40. The predicted octanol–water partition coefficient (Wildman–Crippen LogP) is 2.52. The Bertz CT molecular complexity index is 307. The molecule has 1 saturated heterocycles. The first-order valence-electron chi connectivity index (χ1n) is 6.40. The average molecular weight is 254 g/mol. The van der Waals surface area contributed by atoms with Gasteiger partial charge in [0.1, 0.15) is 0 Å². The van der Waals surface area contributed by atoms with Crippen molar-refractivity contribution >= 4 is 13.1 Å². The number of allylic oxidation sites excluding steroid dienone is 1. The van der Waals surface area contributed by atoms with Crippen molar-refractivity contribution in [2.75, 3.05) is 6.61 Å². The molecule has 0 amide bonds. The molecule has 0 spiro atoms. The molecule has 0 N–H and O–H groups in total. The van der Waals surface area contributed by atoms with Gasteiger partial charge in [-0.1, -0.05) is 12.1 Å². The van der Waals surface area contributed by atoms with Crippen molar-refractivity contribution in [3.05, 3.63) is 12.1 Å². The average Bonchev–Trinajstić information content (AvgIpc) is 2.40. The lowest BCUT2D eigenvalue weighted by Gasteiger charge is -2.32. The van der Waals surface area contributed by atoms with Crippen LogP contribution in [-0.2, 0) is 18.8 Å². The van der Waals surface area contributed by atoms with Gasteiger partial charge in [-0.15, -0.1) is 0 Å². The van der Waals surface area contributed by atoms with Crippen LogP contribution in [0.5, 0.6) is 0 Å². The fourth-order valence-corrected chi connectivity index (χ4v) is 1.59. The lowest BCUT2D eigenvalue weighted by Crippen LogP contribution is -2.41. The second kappa shape index (κ2) is 5.89. The Hall–Kier alpha value is -0.805. The maximum absolute atomic E-state index is 10.5. The number of esters is 1. The number of carbonyl (C=O) groups excluding carboxylic acids is 1. The molecule has 0 aromatic heterocycles. The van der Waals surface area contributed by atoms with Gasteiger partial charge in [0.05, 0.1) is 17.8 Å². The minimum atomic E-state index is -0.292. The van der Waals surface area contributed by atoms with E-state index in [0.29, 0.717) is 6.61 Å². The summed E-state index contributed by atoms with van der Waals surface area (Å²) in [4.78, 5) is 10.5. The standard InChI is InChI=1S/C13H23BO4/c1-11(15)16-10-8-6-7-9-14-17-12(2,3)13(4,5)18-14/h7,9H,6,8,10H2,1-5H3/b9-7+. The molecule has 5 heteroatoms. The Balaban J connectivity index is 2.26. The fraction of sp³-hybridized carbons (Fsp3) is 0.769. The van der Waals surface area contributed by atoms with E-state index in [1.54, 1.807) is 0 Å². The lowest BCUT2D eigenvalue weighted by molar-refractivity contribution is -0.141. The molecule has 18 heavy (non-hydrogen) atoms. The van der Waals surface area contributed by atoms with Crippen LogP contribution in [0.3, 0.4) is 0 Å². The molecule has 0 radical (unpaired) electrons. The van der Waals surface area contributed by atoms with Crippen LogP contribution in [0.2, 0.25) is 0 Å². The summed E-state index contributed by atoms with van der Waals surface area (Å²) in [5.41, 5.74) is -0.584. The summed E-state index contributed by atoms with van der Waals surface area (Å²) >= 11 is 0. The van der Waals surface area contributed by atoms with E-state index in [-0.39, 0.29) is 24.3 Å². The van der Waals surface area contributed by atoms with Gasteiger partial charge in [-0.3, -0.25) is 4.79 Å². The highest BCUT2D eigenvalue weighted by Gasteiger charge is 2.49. The zero-order valence-electron chi connectivity index (χ0n) is 12.0. The van der Waals surface area contributed by atoms with E-state index in [2.05, 4.69) is 0 Å². The van der Waals surface area contributed by atoms with Crippen LogP contribution in [0.4, 0.5) is 0 Å². The largest absolute Gasteiger partial charge is 0.486 e. The highest BCUT2D eigenvalue weighted by Crippen LogP contribution is 2.36. The van der Waals surface area contributed by atoms with E-state index in [4.69, 9.17) is 14.0 Å². The van der Waals surface area contributed by atoms with Gasteiger partial charge in [0.15, 0.2) is 0 Å². The minimum absolute atomic E-state index is 0.232. The summed E-state index contributed by atoms with van der Waals surface area (Å²) in [6.07, 6.45) is 3.67. The second-order valence-electron chi connectivity index (χ2n) is 5.54. The minimum Gasteiger partial charge on any atom is -0.466 e. The Morgan fingerprint density at radius 3 is 2.28 bits per heavy atom. The van der Waals surface area contributed by atoms with Gasteiger partial charge < -0.3 is 14.0 Å². The Morgan fingerprint density at radius 1 is 1.22 bits per heavy atom. The summed E-state index contributed by atoms with van der Waals surface area (Å²) in [7, 11) is -0.288. The van der Waals surface area contributed by atoms with Crippen molar-refractivity contribution in [1.29, 1.82) is 0 Å². The van der Waals surface area contributed by atoms with E-state index in [9.17, 15) is 4.79 Å². The molecule has 4 nitrogen and oxygen atoms in total. The first-order chi connectivity index (χ1) is 8.24.